The zero-order chi connectivity index (χ0) is 17.0. The molecule has 0 saturated carbocycles. The Morgan fingerprint density at radius 1 is 1.39 bits per heavy atom. The molecule has 0 bridgehead atoms. The van der Waals surface area contributed by atoms with E-state index in [1.807, 2.05) is 0 Å². The molecule has 0 spiro atoms. The third-order valence-electron chi connectivity index (χ3n) is 3.60. The summed E-state index contributed by atoms with van der Waals surface area (Å²) in [6, 6.07) is 5.51. The fourth-order valence-corrected chi connectivity index (χ4v) is 2.36. The van der Waals surface area contributed by atoms with Crippen molar-refractivity contribution < 1.29 is 29.1 Å². The van der Waals surface area contributed by atoms with E-state index in [0.717, 1.165) is 12.0 Å². The second kappa shape index (κ2) is 6.61. The van der Waals surface area contributed by atoms with Crippen LogP contribution in [0.5, 0.6) is 0 Å². The average molecular weight is 324 g/mol. The summed E-state index contributed by atoms with van der Waals surface area (Å²) in [5.74, 6) is -0.915. The average Bonchev–Trinajstić information content (AvgIpc) is 2.95. The molecule has 1 atom stereocenters. The van der Waals surface area contributed by atoms with Crippen molar-refractivity contribution in [3.05, 3.63) is 39.9 Å². The van der Waals surface area contributed by atoms with Crippen molar-refractivity contribution in [3.8, 4) is 0 Å². The van der Waals surface area contributed by atoms with Crippen LogP contribution in [-0.2, 0) is 20.9 Å². The van der Waals surface area contributed by atoms with E-state index >= 15 is 0 Å². The highest BCUT2D eigenvalue weighted by molar-refractivity contribution is 5.84. The highest BCUT2D eigenvalue weighted by atomic mass is 16.6. The molecule has 1 aromatic carbocycles. The van der Waals surface area contributed by atoms with Gasteiger partial charge in [0.2, 0.25) is 5.72 Å². The molecule has 1 fully saturated rings. The van der Waals surface area contributed by atoms with Crippen LogP contribution in [-0.4, -0.2) is 46.4 Å². The standard InChI is InChI=1S/C14H16N2O7/c1-22-12(17)14(19)7-2-8-15(14)13(18)23-9-10-3-5-11(6-4-10)16(20)21/h3-6,19H,2,7-9H2,1H3. The Morgan fingerprint density at radius 2 is 2.04 bits per heavy atom. The first-order valence-electron chi connectivity index (χ1n) is 6.87. The van der Waals surface area contributed by atoms with Gasteiger partial charge < -0.3 is 14.6 Å². The Labute approximate surface area is 131 Å². The molecule has 1 amide bonds. The SMILES string of the molecule is COC(=O)C1(O)CCCN1C(=O)OCc1ccc([N+](=O)[O-])cc1. The summed E-state index contributed by atoms with van der Waals surface area (Å²) in [7, 11) is 1.12. The first kappa shape index (κ1) is 16.7. The monoisotopic (exact) mass is 324 g/mol. The van der Waals surface area contributed by atoms with Gasteiger partial charge in [0.1, 0.15) is 6.61 Å². The first-order chi connectivity index (χ1) is 10.9. The highest BCUT2D eigenvalue weighted by Crippen LogP contribution is 2.29. The number of nitro benzene ring substituents is 1. The minimum atomic E-state index is -2.01. The number of likely N-dealkylation sites (tertiary alicyclic amines) is 1. The molecule has 0 radical (unpaired) electrons. The molecule has 1 aromatic rings. The molecule has 2 rings (SSSR count). The lowest BCUT2D eigenvalue weighted by molar-refractivity contribution is -0.384. The van der Waals surface area contributed by atoms with Gasteiger partial charge in [-0.25, -0.2) is 9.59 Å². The molecule has 124 valence electrons. The van der Waals surface area contributed by atoms with Crippen LogP contribution in [0.1, 0.15) is 18.4 Å². The van der Waals surface area contributed by atoms with Gasteiger partial charge in [-0.2, -0.15) is 0 Å². The van der Waals surface area contributed by atoms with Crippen LogP contribution >= 0.6 is 0 Å². The summed E-state index contributed by atoms with van der Waals surface area (Å²) in [5.41, 5.74) is -1.54. The van der Waals surface area contributed by atoms with Gasteiger partial charge in [0, 0.05) is 25.1 Å². The number of rotatable bonds is 4. The Balaban J connectivity index is 1.99. The zero-order valence-corrected chi connectivity index (χ0v) is 12.4. The number of ether oxygens (including phenoxy) is 2. The number of aliphatic hydroxyl groups is 1. The van der Waals surface area contributed by atoms with Gasteiger partial charge in [-0.15, -0.1) is 0 Å². The maximum atomic E-state index is 12.1. The Hall–Kier alpha value is -2.68. The van der Waals surface area contributed by atoms with Crippen molar-refractivity contribution in [3.63, 3.8) is 0 Å². The quantitative estimate of drug-likeness (QED) is 0.502. The van der Waals surface area contributed by atoms with Gasteiger partial charge in [0.05, 0.1) is 12.0 Å². The molecule has 1 aliphatic heterocycles. The number of esters is 1. The zero-order valence-electron chi connectivity index (χ0n) is 12.4. The molecular formula is C14H16N2O7. The van der Waals surface area contributed by atoms with Gasteiger partial charge in [-0.3, -0.25) is 15.0 Å². The number of nitro groups is 1. The molecule has 1 heterocycles. The molecule has 1 aliphatic rings. The number of methoxy groups -OCH3 is 1. The summed E-state index contributed by atoms with van der Waals surface area (Å²) in [4.78, 5) is 34.6. The smallest absolute Gasteiger partial charge is 0.412 e. The molecule has 0 aliphatic carbocycles. The van der Waals surface area contributed by atoms with Crippen LogP contribution in [0.3, 0.4) is 0 Å². The molecule has 9 nitrogen and oxygen atoms in total. The van der Waals surface area contributed by atoms with Crippen molar-refractivity contribution in [1.82, 2.24) is 4.90 Å². The third kappa shape index (κ3) is 3.39. The van der Waals surface area contributed by atoms with Gasteiger partial charge in [0.25, 0.3) is 5.69 Å². The Kier molecular flexibility index (Phi) is 4.80. The van der Waals surface area contributed by atoms with Crippen molar-refractivity contribution in [2.24, 2.45) is 0 Å². The van der Waals surface area contributed by atoms with Crippen LogP contribution in [0.2, 0.25) is 0 Å². The van der Waals surface area contributed by atoms with Gasteiger partial charge in [-0.05, 0) is 24.1 Å². The summed E-state index contributed by atoms with van der Waals surface area (Å²) in [5, 5.41) is 20.8. The van der Waals surface area contributed by atoms with E-state index in [1.165, 1.54) is 24.3 Å². The van der Waals surface area contributed by atoms with Crippen LogP contribution in [0, 0.1) is 10.1 Å². The molecule has 1 saturated heterocycles. The van der Waals surface area contributed by atoms with E-state index in [0.29, 0.717) is 12.0 Å². The highest BCUT2D eigenvalue weighted by Gasteiger charge is 2.50. The number of nitrogens with zero attached hydrogens (tertiary/aromatic N) is 2. The normalized spacial score (nSPS) is 20.2. The summed E-state index contributed by atoms with van der Waals surface area (Å²) >= 11 is 0. The van der Waals surface area contributed by atoms with E-state index < -0.39 is 22.7 Å². The van der Waals surface area contributed by atoms with Crippen molar-refractivity contribution in [1.29, 1.82) is 0 Å². The maximum Gasteiger partial charge on any atom is 0.412 e. The van der Waals surface area contributed by atoms with Crippen molar-refractivity contribution >= 4 is 17.7 Å². The summed E-state index contributed by atoms with van der Waals surface area (Å²) < 4.78 is 9.57. The number of carbonyl (C=O) groups excluding carboxylic acids is 2. The largest absolute Gasteiger partial charge is 0.465 e. The van der Waals surface area contributed by atoms with E-state index in [9.17, 15) is 24.8 Å². The van der Waals surface area contributed by atoms with E-state index in [1.54, 1.807) is 0 Å². The number of benzene rings is 1. The second-order valence-corrected chi connectivity index (χ2v) is 5.04. The van der Waals surface area contributed by atoms with Gasteiger partial charge in [0.15, 0.2) is 0 Å². The van der Waals surface area contributed by atoms with Crippen LogP contribution < -0.4 is 0 Å². The van der Waals surface area contributed by atoms with Crippen molar-refractivity contribution in [2.45, 2.75) is 25.2 Å². The van der Waals surface area contributed by atoms with Crippen LogP contribution in [0.4, 0.5) is 10.5 Å². The summed E-state index contributed by atoms with van der Waals surface area (Å²) in [6.45, 7) is 0.0370. The van der Waals surface area contributed by atoms with E-state index in [2.05, 4.69) is 4.74 Å². The predicted molar refractivity (Wildman–Crippen MR) is 76.2 cm³/mol. The van der Waals surface area contributed by atoms with Crippen molar-refractivity contribution in [2.75, 3.05) is 13.7 Å². The number of carbonyl (C=O) groups is 2. The van der Waals surface area contributed by atoms with E-state index in [4.69, 9.17) is 4.74 Å². The molecule has 9 heteroatoms. The molecule has 1 unspecified atom stereocenters. The third-order valence-corrected chi connectivity index (χ3v) is 3.60. The minimum Gasteiger partial charge on any atom is -0.465 e. The lowest BCUT2D eigenvalue weighted by atomic mass is 10.1. The fourth-order valence-electron chi connectivity index (χ4n) is 2.36. The second-order valence-electron chi connectivity index (χ2n) is 5.04. The van der Waals surface area contributed by atoms with Crippen LogP contribution in [0.25, 0.3) is 0 Å². The maximum absolute atomic E-state index is 12.1. The number of hydrogen-bond donors (Lipinski definition) is 1. The Morgan fingerprint density at radius 3 is 2.61 bits per heavy atom. The fraction of sp³-hybridized carbons (Fsp3) is 0.429. The molecule has 23 heavy (non-hydrogen) atoms. The predicted octanol–water partition coefficient (Wildman–Crippen LogP) is 1.19. The topological polar surface area (TPSA) is 119 Å². The van der Waals surface area contributed by atoms with Gasteiger partial charge >= 0.3 is 12.1 Å². The summed E-state index contributed by atoms with van der Waals surface area (Å²) in [6.07, 6.45) is -0.335. The Bertz CT molecular complexity index is 616. The molecule has 0 aromatic heterocycles. The number of hydrogen-bond acceptors (Lipinski definition) is 7. The number of amides is 1. The van der Waals surface area contributed by atoms with Crippen LogP contribution in [0.15, 0.2) is 24.3 Å². The minimum absolute atomic E-state index is 0.0697. The lowest BCUT2D eigenvalue weighted by Crippen LogP contribution is -2.53. The van der Waals surface area contributed by atoms with Gasteiger partial charge in [-0.1, -0.05) is 0 Å². The number of non-ortho nitro benzene ring substituents is 1. The molecule has 1 N–H and O–H groups in total. The molecular weight excluding hydrogens is 308 g/mol. The van der Waals surface area contributed by atoms with E-state index in [-0.39, 0.29) is 25.3 Å². The lowest BCUT2D eigenvalue weighted by Gasteiger charge is -2.29. The first-order valence-corrected chi connectivity index (χ1v) is 6.87.